The van der Waals surface area contributed by atoms with E-state index in [9.17, 15) is 9.59 Å². The van der Waals surface area contributed by atoms with Crippen molar-refractivity contribution in [1.82, 2.24) is 15.1 Å². The van der Waals surface area contributed by atoms with E-state index in [1.807, 2.05) is 23.1 Å². The Morgan fingerprint density at radius 1 is 1.35 bits per heavy atom. The third-order valence-corrected chi connectivity index (χ3v) is 5.54. The number of rotatable bonds is 5. The molecule has 2 aliphatic rings. The minimum atomic E-state index is 0.0296. The Hall–Kier alpha value is -2.35. The lowest BCUT2D eigenvalue weighted by Gasteiger charge is -2.22. The van der Waals surface area contributed by atoms with Crippen molar-refractivity contribution in [1.29, 1.82) is 0 Å². The first-order valence-electron chi connectivity index (χ1n) is 8.75. The molecule has 0 radical (unpaired) electrons. The largest absolute Gasteiger partial charge is 0.414 e. The molecule has 26 heavy (non-hydrogen) atoms. The highest BCUT2D eigenvalue weighted by Crippen LogP contribution is 2.32. The number of thioether (sulfide) groups is 1. The van der Waals surface area contributed by atoms with Crippen molar-refractivity contribution < 1.29 is 14.0 Å². The highest BCUT2D eigenvalue weighted by atomic mass is 32.2. The van der Waals surface area contributed by atoms with Gasteiger partial charge in [-0.15, -0.1) is 10.2 Å². The molecule has 0 saturated carbocycles. The van der Waals surface area contributed by atoms with Crippen LogP contribution in [0.25, 0.3) is 0 Å². The number of carbonyl (C=O) groups excluding carboxylic acids is 2. The van der Waals surface area contributed by atoms with E-state index in [0.717, 1.165) is 25.1 Å². The maximum atomic E-state index is 12.7. The number of hydrogen-bond acceptors (Lipinski definition) is 6. The van der Waals surface area contributed by atoms with Gasteiger partial charge in [0.1, 0.15) is 0 Å². The number of benzene rings is 1. The molecular weight excluding hydrogens is 352 g/mol. The Morgan fingerprint density at radius 3 is 3.00 bits per heavy atom. The third kappa shape index (κ3) is 3.33. The molecule has 2 amide bonds. The van der Waals surface area contributed by atoms with Crippen LogP contribution in [-0.2, 0) is 22.6 Å². The molecule has 1 aromatic heterocycles. The van der Waals surface area contributed by atoms with Crippen LogP contribution in [-0.4, -0.2) is 45.3 Å². The molecule has 2 aliphatic heterocycles. The predicted molar refractivity (Wildman–Crippen MR) is 96.8 cm³/mol. The van der Waals surface area contributed by atoms with Crippen LogP contribution in [0, 0.1) is 0 Å². The van der Waals surface area contributed by atoms with Gasteiger partial charge in [0.2, 0.25) is 17.7 Å². The van der Waals surface area contributed by atoms with E-state index < -0.39 is 0 Å². The van der Waals surface area contributed by atoms with E-state index in [-0.39, 0.29) is 23.6 Å². The van der Waals surface area contributed by atoms with Crippen molar-refractivity contribution in [3.8, 4) is 0 Å². The summed E-state index contributed by atoms with van der Waals surface area (Å²) in [5.74, 6) is 0.800. The van der Waals surface area contributed by atoms with E-state index in [1.54, 1.807) is 4.90 Å². The van der Waals surface area contributed by atoms with Gasteiger partial charge >= 0.3 is 0 Å². The predicted octanol–water partition coefficient (Wildman–Crippen LogP) is 2.26. The minimum absolute atomic E-state index is 0.0296. The van der Waals surface area contributed by atoms with Gasteiger partial charge in [-0.05, 0) is 31.4 Å². The number of nitrogens with zero attached hydrogens (tertiary/aromatic N) is 4. The van der Waals surface area contributed by atoms with Crippen LogP contribution in [0.1, 0.15) is 31.2 Å². The Morgan fingerprint density at radius 2 is 2.19 bits per heavy atom. The first-order valence-corrected chi connectivity index (χ1v) is 9.73. The second kappa shape index (κ2) is 7.11. The first kappa shape index (κ1) is 17.1. The van der Waals surface area contributed by atoms with Crippen molar-refractivity contribution in [3.05, 3.63) is 35.7 Å². The van der Waals surface area contributed by atoms with Crippen molar-refractivity contribution in [2.75, 3.05) is 17.2 Å². The van der Waals surface area contributed by atoms with Gasteiger partial charge in [-0.2, -0.15) is 0 Å². The van der Waals surface area contributed by atoms with Crippen LogP contribution in [0.3, 0.4) is 0 Å². The van der Waals surface area contributed by atoms with Gasteiger partial charge < -0.3 is 14.2 Å². The van der Waals surface area contributed by atoms with Crippen molar-refractivity contribution in [2.24, 2.45) is 0 Å². The Kier molecular flexibility index (Phi) is 4.67. The fraction of sp³-hybridized carbons (Fsp3) is 0.444. The quantitative estimate of drug-likeness (QED) is 0.749. The SMILES string of the molecule is CC1Cc2ccccc2N1C(=O)CSc1nnc(CN2CCCC2=O)o1. The zero-order chi connectivity index (χ0) is 18.1. The average Bonchev–Trinajstić information content (AvgIpc) is 3.32. The number of carbonyl (C=O) groups is 2. The van der Waals surface area contributed by atoms with Gasteiger partial charge in [-0.3, -0.25) is 9.59 Å². The second-order valence-corrected chi connectivity index (χ2v) is 7.54. The molecule has 2 aromatic rings. The zero-order valence-electron chi connectivity index (χ0n) is 14.6. The lowest BCUT2D eigenvalue weighted by atomic mass is 10.1. The molecular formula is C18H20N4O3S. The summed E-state index contributed by atoms with van der Waals surface area (Å²) in [5.41, 5.74) is 2.19. The lowest BCUT2D eigenvalue weighted by Crippen LogP contribution is -2.36. The molecule has 7 nitrogen and oxygen atoms in total. The highest BCUT2D eigenvalue weighted by molar-refractivity contribution is 7.99. The molecule has 8 heteroatoms. The van der Waals surface area contributed by atoms with Crippen molar-refractivity contribution in [3.63, 3.8) is 0 Å². The van der Waals surface area contributed by atoms with Gasteiger partial charge in [-0.1, -0.05) is 30.0 Å². The Balaban J connectivity index is 1.36. The Labute approximate surface area is 155 Å². The summed E-state index contributed by atoms with van der Waals surface area (Å²) in [6.07, 6.45) is 2.33. The summed E-state index contributed by atoms with van der Waals surface area (Å²) in [7, 11) is 0. The molecule has 1 fully saturated rings. The summed E-state index contributed by atoms with van der Waals surface area (Å²) in [6, 6.07) is 8.16. The number of fused-ring (bicyclic) bond motifs is 1. The fourth-order valence-corrected chi connectivity index (χ4v) is 4.17. The summed E-state index contributed by atoms with van der Waals surface area (Å²) >= 11 is 1.24. The maximum Gasteiger partial charge on any atom is 0.277 e. The maximum absolute atomic E-state index is 12.7. The topological polar surface area (TPSA) is 79.5 Å². The van der Waals surface area contributed by atoms with Gasteiger partial charge in [0, 0.05) is 24.7 Å². The number of aromatic nitrogens is 2. The molecule has 1 saturated heterocycles. The average molecular weight is 372 g/mol. The van der Waals surface area contributed by atoms with Crippen LogP contribution < -0.4 is 4.90 Å². The highest BCUT2D eigenvalue weighted by Gasteiger charge is 2.30. The molecule has 0 aliphatic carbocycles. The van der Waals surface area contributed by atoms with Gasteiger partial charge in [-0.25, -0.2) is 0 Å². The molecule has 1 aromatic carbocycles. The minimum Gasteiger partial charge on any atom is -0.414 e. The summed E-state index contributed by atoms with van der Waals surface area (Å²) in [5, 5.41) is 8.33. The van der Waals surface area contributed by atoms with Gasteiger partial charge in [0.05, 0.1) is 12.3 Å². The van der Waals surface area contributed by atoms with E-state index in [4.69, 9.17) is 4.42 Å². The number of amides is 2. The number of hydrogen-bond donors (Lipinski definition) is 0. The van der Waals surface area contributed by atoms with Crippen molar-refractivity contribution in [2.45, 2.75) is 44.0 Å². The fourth-order valence-electron chi connectivity index (χ4n) is 3.53. The van der Waals surface area contributed by atoms with Crippen LogP contribution >= 0.6 is 11.8 Å². The number of likely N-dealkylation sites (tertiary alicyclic amines) is 1. The van der Waals surface area contributed by atoms with Crippen LogP contribution in [0.4, 0.5) is 5.69 Å². The van der Waals surface area contributed by atoms with Gasteiger partial charge in [0.15, 0.2) is 0 Å². The molecule has 4 rings (SSSR count). The van der Waals surface area contributed by atoms with E-state index in [2.05, 4.69) is 23.2 Å². The third-order valence-electron chi connectivity index (χ3n) is 4.74. The molecule has 136 valence electrons. The number of anilines is 1. The van der Waals surface area contributed by atoms with E-state index in [0.29, 0.717) is 24.1 Å². The Bertz CT molecular complexity index is 837. The molecule has 0 spiro atoms. The summed E-state index contributed by atoms with van der Waals surface area (Å²) in [6.45, 7) is 3.13. The molecule has 1 atom stereocenters. The summed E-state index contributed by atoms with van der Waals surface area (Å²) in [4.78, 5) is 27.9. The zero-order valence-corrected chi connectivity index (χ0v) is 15.4. The normalized spacial score (nSPS) is 19.3. The van der Waals surface area contributed by atoms with Crippen LogP contribution in [0.2, 0.25) is 0 Å². The standard InChI is InChI=1S/C18H20N4O3S/c1-12-9-13-5-2-3-6-14(13)22(12)17(24)11-26-18-20-19-15(25-18)10-21-8-4-7-16(21)23/h2-3,5-6,12H,4,7-11H2,1H3. The lowest BCUT2D eigenvalue weighted by molar-refractivity contribution is -0.128. The molecule has 0 N–H and O–H groups in total. The summed E-state index contributed by atoms with van der Waals surface area (Å²) < 4.78 is 5.58. The first-order chi connectivity index (χ1) is 12.6. The van der Waals surface area contributed by atoms with Crippen LogP contribution in [0.5, 0.6) is 0 Å². The van der Waals surface area contributed by atoms with E-state index >= 15 is 0 Å². The molecule has 0 bridgehead atoms. The molecule has 3 heterocycles. The molecule has 1 unspecified atom stereocenters. The van der Waals surface area contributed by atoms with Crippen LogP contribution in [0.15, 0.2) is 33.9 Å². The van der Waals surface area contributed by atoms with Crippen molar-refractivity contribution >= 4 is 29.3 Å². The number of para-hydroxylation sites is 1. The van der Waals surface area contributed by atoms with E-state index in [1.165, 1.54) is 17.3 Å². The monoisotopic (exact) mass is 372 g/mol. The second-order valence-electron chi connectivity index (χ2n) is 6.61. The smallest absolute Gasteiger partial charge is 0.277 e. The van der Waals surface area contributed by atoms with Gasteiger partial charge in [0.25, 0.3) is 5.22 Å².